The number of hydrogen-bond acceptors (Lipinski definition) is 3. The molecular weight excluding hydrogens is 186 g/mol. The highest BCUT2D eigenvalue weighted by Gasteiger charge is 2.09. The van der Waals surface area contributed by atoms with Gasteiger partial charge in [-0.2, -0.15) is 0 Å². The molecule has 1 aromatic carbocycles. The minimum absolute atomic E-state index is 0.858. The summed E-state index contributed by atoms with van der Waals surface area (Å²) in [6.07, 6.45) is 3.93. The van der Waals surface area contributed by atoms with E-state index in [0.29, 0.717) is 0 Å². The van der Waals surface area contributed by atoms with Gasteiger partial charge >= 0.3 is 0 Å². The third kappa shape index (κ3) is 2.63. The standard InChI is InChI=1S/C12H19N3/c1-10-5-6-11(9-12(10)13)14-15-7-3-2-4-8-15/h5-6,9,14H,2-4,7-8,13H2,1H3. The SMILES string of the molecule is Cc1ccc(NN2CCCCC2)cc1N. The molecule has 3 nitrogen and oxygen atoms in total. The number of nitrogens with zero attached hydrogens (tertiary/aromatic N) is 1. The lowest BCUT2D eigenvalue weighted by Gasteiger charge is -2.28. The second-order valence-corrected chi connectivity index (χ2v) is 4.23. The second kappa shape index (κ2) is 4.53. The third-order valence-electron chi connectivity index (χ3n) is 2.92. The van der Waals surface area contributed by atoms with Gasteiger partial charge in [0.25, 0.3) is 0 Å². The van der Waals surface area contributed by atoms with E-state index < -0.39 is 0 Å². The van der Waals surface area contributed by atoms with Crippen molar-refractivity contribution in [1.29, 1.82) is 0 Å². The van der Waals surface area contributed by atoms with Crippen molar-refractivity contribution in [2.24, 2.45) is 0 Å². The first-order chi connectivity index (χ1) is 7.25. The van der Waals surface area contributed by atoms with Crippen LogP contribution >= 0.6 is 0 Å². The van der Waals surface area contributed by atoms with Crippen LogP contribution in [0.2, 0.25) is 0 Å². The molecule has 3 N–H and O–H groups in total. The fourth-order valence-electron chi connectivity index (χ4n) is 1.90. The highest BCUT2D eigenvalue weighted by molar-refractivity contribution is 5.57. The number of nitrogens with two attached hydrogens (primary N) is 1. The van der Waals surface area contributed by atoms with Crippen molar-refractivity contribution in [3.05, 3.63) is 23.8 Å². The van der Waals surface area contributed by atoms with Gasteiger partial charge in [0.1, 0.15) is 0 Å². The van der Waals surface area contributed by atoms with E-state index in [-0.39, 0.29) is 0 Å². The Balaban J connectivity index is 2.00. The third-order valence-corrected chi connectivity index (χ3v) is 2.92. The smallest absolute Gasteiger partial charge is 0.0510 e. The Morgan fingerprint density at radius 1 is 1.20 bits per heavy atom. The molecule has 0 saturated carbocycles. The largest absolute Gasteiger partial charge is 0.398 e. The van der Waals surface area contributed by atoms with Crippen molar-refractivity contribution >= 4 is 11.4 Å². The number of hydrogen-bond donors (Lipinski definition) is 2. The Hall–Kier alpha value is -1.22. The van der Waals surface area contributed by atoms with E-state index in [1.54, 1.807) is 0 Å². The normalized spacial score (nSPS) is 17.7. The molecule has 1 heterocycles. The number of nitrogen functional groups attached to an aromatic ring is 1. The first kappa shape index (κ1) is 10.3. The summed E-state index contributed by atoms with van der Waals surface area (Å²) >= 11 is 0. The summed E-state index contributed by atoms with van der Waals surface area (Å²) in [6.45, 7) is 4.29. The molecule has 0 unspecified atom stereocenters. The van der Waals surface area contributed by atoms with E-state index in [9.17, 15) is 0 Å². The zero-order valence-corrected chi connectivity index (χ0v) is 9.29. The van der Waals surface area contributed by atoms with Crippen LogP contribution in [0, 0.1) is 6.92 Å². The maximum atomic E-state index is 5.87. The summed E-state index contributed by atoms with van der Waals surface area (Å²) in [4.78, 5) is 0. The molecule has 15 heavy (non-hydrogen) atoms. The van der Waals surface area contributed by atoms with Gasteiger partial charge in [-0.3, -0.25) is 0 Å². The fourth-order valence-corrected chi connectivity index (χ4v) is 1.90. The predicted octanol–water partition coefficient (Wildman–Crippen LogP) is 2.39. The minimum atomic E-state index is 0.858. The minimum Gasteiger partial charge on any atom is -0.398 e. The van der Waals surface area contributed by atoms with Gasteiger partial charge in [0.15, 0.2) is 0 Å². The number of benzene rings is 1. The van der Waals surface area contributed by atoms with Gasteiger partial charge < -0.3 is 11.2 Å². The Morgan fingerprint density at radius 3 is 2.60 bits per heavy atom. The lowest BCUT2D eigenvalue weighted by molar-refractivity contribution is 0.273. The maximum absolute atomic E-state index is 5.87. The Labute approximate surface area is 91.2 Å². The Bertz CT molecular complexity index is 330. The summed E-state index contributed by atoms with van der Waals surface area (Å²) in [7, 11) is 0. The molecule has 0 radical (unpaired) electrons. The molecule has 0 bridgehead atoms. The molecule has 1 fully saturated rings. The first-order valence-electron chi connectivity index (χ1n) is 5.63. The molecule has 0 spiro atoms. The van der Waals surface area contributed by atoms with Crippen molar-refractivity contribution in [3.63, 3.8) is 0 Å². The van der Waals surface area contributed by atoms with Crippen molar-refractivity contribution < 1.29 is 0 Å². The lowest BCUT2D eigenvalue weighted by Crippen LogP contribution is -2.34. The maximum Gasteiger partial charge on any atom is 0.0510 e. The van der Waals surface area contributed by atoms with Gasteiger partial charge in [-0.05, 0) is 37.5 Å². The van der Waals surface area contributed by atoms with Crippen LogP contribution in [0.3, 0.4) is 0 Å². The molecule has 0 aliphatic carbocycles. The molecule has 0 amide bonds. The van der Waals surface area contributed by atoms with Gasteiger partial charge in [0, 0.05) is 18.8 Å². The topological polar surface area (TPSA) is 41.3 Å². The van der Waals surface area contributed by atoms with Crippen LogP contribution in [-0.4, -0.2) is 18.1 Å². The number of hydrazine groups is 1. The van der Waals surface area contributed by atoms with Gasteiger partial charge in [0.05, 0.1) is 5.69 Å². The van der Waals surface area contributed by atoms with E-state index in [1.165, 1.54) is 19.3 Å². The van der Waals surface area contributed by atoms with Gasteiger partial charge in [-0.25, -0.2) is 5.01 Å². The molecule has 1 aromatic rings. The van der Waals surface area contributed by atoms with Crippen molar-refractivity contribution in [2.45, 2.75) is 26.2 Å². The van der Waals surface area contributed by atoms with Gasteiger partial charge in [0.2, 0.25) is 0 Å². The van der Waals surface area contributed by atoms with Crippen molar-refractivity contribution in [1.82, 2.24) is 5.01 Å². The summed E-state index contributed by atoms with van der Waals surface area (Å²) in [5.41, 5.74) is 12.4. The van der Waals surface area contributed by atoms with Crippen LogP contribution in [0.25, 0.3) is 0 Å². The zero-order valence-electron chi connectivity index (χ0n) is 9.29. The van der Waals surface area contributed by atoms with Crippen LogP contribution in [0.5, 0.6) is 0 Å². The number of nitrogens with one attached hydrogen (secondary N) is 1. The molecule has 82 valence electrons. The first-order valence-corrected chi connectivity index (χ1v) is 5.63. The highest BCUT2D eigenvalue weighted by atomic mass is 15.5. The predicted molar refractivity (Wildman–Crippen MR) is 64.6 cm³/mol. The molecule has 2 rings (SSSR count). The fraction of sp³-hybridized carbons (Fsp3) is 0.500. The molecule has 1 saturated heterocycles. The summed E-state index contributed by atoms with van der Waals surface area (Å²) in [5.74, 6) is 0. The molecule has 3 heteroatoms. The van der Waals surface area contributed by atoms with Gasteiger partial charge in [-0.1, -0.05) is 12.5 Å². The highest BCUT2D eigenvalue weighted by Crippen LogP contribution is 2.18. The quantitative estimate of drug-likeness (QED) is 0.728. The number of anilines is 2. The second-order valence-electron chi connectivity index (χ2n) is 4.23. The molecule has 0 atom stereocenters. The summed E-state index contributed by atoms with van der Waals surface area (Å²) < 4.78 is 0. The summed E-state index contributed by atoms with van der Waals surface area (Å²) in [5, 5.41) is 2.27. The number of aryl methyl sites for hydroxylation is 1. The Morgan fingerprint density at radius 2 is 1.93 bits per heavy atom. The zero-order chi connectivity index (χ0) is 10.7. The lowest BCUT2D eigenvalue weighted by atomic mass is 10.1. The molecular formula is C12H19N3. The summed E-state index contributed by atoms with van der Waals surface area (Å²) in [6, 6.07) is 6.14. The van der Waals surface area contributed by atoms with Crippen LogP contribution in [-0.2, 0) is 0 Å². The monoisotopic (exact) mass is 205 g/mol. The van der Waals surface area contributed by atoms with E-state index in [1.807, 2.05) is 13.0 Å². The molecule has 1 aliphatic heterocycles. The molecule has 0 aromatic heterocycles. The Kier molecular flexibility index (Phi) is 3.11. The number of rotatable bonds is 2. The van der Waals surface area contributed by atoms with Crippen LogP contribution in [0.1, 0.15) is 24.8 Å². The van der Waals surface area contributed by atoms with E-state index in [0.717, 1.165) is 30.0 Å². The van der Waals surface area contributed by atoms with E-state index in [2.05, 4.69) is 22.6 Å². The van der Waals surface area contributed by atoms with Crippen LogP contribution in [0.4, 0.5) is 11.4 Å². The van der Waals surface area contributed by atoms with E-state index >= 15 is 0 Å². The van der Waals surface area contributed by atoms with Crippen molar-refractivity contribution in [2.75, 3.05) is 24.2 Å². The molecule has 1 aliphatic rings. The number of piperidine rings is 1. The average Bonchev–Trinajstić information content (AvgIpc) is 2.25. The van der Waals surface area contributed by atoms with Gasteiger partial charge in [-0.15, -0.1) is 0 Å². The average molecular weight is 205 g/mol. The van der Waals surface area contributed by atoms with Crippen LogP contribution < -0.4 is 11.2 Å². The van der Waals surface area contributed by atoms with E-state index in [4.69, 9.17) is 5.73 Å². The van der Waals surface area contributed by atoms with Crippen molar-refractivity contribution in [3.8, 4) is 0 Å². The van der Waals surface area contributed by atoms with Crippen LogP contribution in [0.15, 0.2) is 18.2 Å².